The highest BCUT2D eigenvalue weighted by molar-refractivity contribution is 6.07. The first kappa shape index (κ1) is 21.6. The van der Waals surface area contributed by atoms with Gasteiger partial charge in [-0.05, 0) is 36.2 Å². The van der Waals surface area contributed by atoms with Crippen LogP contribution in [0.1, 0.15) is 24.1 Å². The lowest BCUT2D eigenvalue weighted by atomic mass is 10.1. The molecule has 0 fully saturated rings. The molecule has 6 nitrogen and oxygen atoms in total. The molecular weight excluding hydrogens is 431 g/mol. The van der Waals surface area contributed by atoms with Gasteiger partial charge in [-0.3, -0.25) is 9.59 Å². The van der Waals surface area contributed by atoms with E-state index in [1.54, 1.807) is 18.3 Å². The third kappa shape index (κ3) is 4.08. The van der Waals surface area contributed by atoms with E-state index in [-0.39, 0.29) is 29.9 Å². The molecule has 2 heterocycles. The third-order valence-corrected chi connectivity index (χ3v) is 6.00. The van der Waals surface area contributed by atoms with Crippen molar-refractivity contribution in [3.05, 3.63) is 112 Å². The number of hydrogen-bond donors (Lipinski definition) is 1. The Bertz CT molecular complexity index is 1540. The summed E-state index contributed by atoms with van der Waals surface area (Å²) in [6.07, 6.45) is 1.63. The second-order valence-electron chi connectivity index (χ2n) is 8.30. The van der Waals surface area contributed by atoms with Gasteiger partial charge in [0.2, 0.25) is 5.91 Å². The van der Waals surface area contributed by atoms with Crippen molar-refractivity contribution < 1.29 is 9.18 Å². The summed E-state index contributed by atoms with van der Waals surface area (Å²) in [5.41, 5.74) is 2.83. The number of hydrogen-bond acceptors (Lipinski definition) is 3. The Morgan fingerprint density at radius 2 is 1.68 bits per heavy atom. The number of benzene rings is 3. The molecule has 2 aromatic heterocycles. The van der Waals surface area contributed by atoms with Gasteiger partial charge in [0.05, 0.1) is 12.2 Å². The van der Waals surface area contributed by atoms with Gasteiger partial charge in [0.1, 0.15) is 17.9 Å². The molecule has 1 N–H and O–H groups in total. The van der Waals surface area contributed by atoms with Gasteiger partial charge in [0.25, 0.3) is 5.56 Å². The van der Waals surface area contributed by atoms with Gasteiger partial charge in [0.15, 0.2) is 0 Å². The van der Waals surface area contributed by atoms with Crippen LogP contribution in [0.4, 0.5) is 4.39 Å². The smallest absolute Gasteiger partial charge is 0.291 e. The van der Waals surface area contributed by atoms with Gasteiger partial charge < -0.3 is 9.88 Å². The van der Waals surface area contributed by atoms with Crippen LogP contribution in [0.15, 0.2) is 89.9 Å². The summed E-state index contributed by atoms with van der Waals surface area (Å²) in [5.74, 6) is -0.611. The van der Waals surface area contributed by atoms with Crippen LogP contribution in [0, 0.1) is 5.82 Å². The number of carbonyl (C=O) groups excluding carboxylic acids is 1. The highest BCUT2D eigenvalue weighted by atomic mass is 19.1. The topological polar surface area (TPSA) is 68.9 Å². The Hall–Kier alpha value is -4.26. The van der Waals surface area contributed by atoms with Crippen molar-refractivity contribution in [2.45, 2.75) is 26.1 Å². The molecule has 0 spiro atoms. The minimum atomic E-state index is -0.349. The van der Waals surface area contributed by atoms with Crippen molar-refractivity contribution in [1.29, 1.82) is 0 Å². The number of nitrogens with zero attached hydrogens (tertiary/aromatic N) is 3. The van der Waals surface area contributed by atoms with E-state index in [0.29, 0.717) is 12.1 Å². The van der Waals surface area contributed by atoms with Crippen molar-refractivity contribution >= 4 is 27.7 Å². The highest BCUT2D eigenvalue weighted by Crippen LogP contribution is 2.27. The molecule has 1 amide bonds. The standard InChI is InChI=1S/C27H23FN4O2/c1-18(20-7-3-2-4-8-20)30-25(33)17-32-27(34)26-23(15-29-32)22-9-5-6-10-24(22)31(26)16-19-11-13-21(28)14-12-19/h2-15,18H,16-17H2,1H3,(H,30,33)/t18-/m1/s1. The van der Waals surface area contributed by atoms with E-state index in [0.717, 1.165) is 27.4 Å². The van der Waals surface area contributed by atoms with Crippen LogP contribution in [0.5, 0.6) is 0 Å². The Morgan fingerprint density at radius 1 is 0.971 bits per heavy atom. The first-order valence-corrected chi connectivity index (χ1v) is 11.1. The maximum absolute atomic E-state index is 13.5. The van der Waals surface area contributed by atoms with Crippen LogP contribution >= 0.6 is 0 Å². The summed E-state index contributed by atoms with van der Waals surface area (Å²) < 4.78 is 16.5. The van der Waals surface area contributed by atoms with E-state index in [9.17, 15) is 14.0 Å². The number of aromatic nitrogens is 3. The molecular formula is C27H23FN4O2. The van der Waals surface area contributed by atoms with Crippen LogP contribution < -0.4 is 10.9 Å². The number of amides is 1. The molecule has 0 aliphatic heterocycles. The summed E-state index contributed by atoms with van der Waals surface area (Å²) in [4.78, 5) is 26.2. The molecule has 0 saturated heterocycles. The van der Waals surface area contributed by atoms with Crippen molar-refractivity contribution in [2.75, 3.05) is 0 Å². The van der Waals surface area contributed by atoms with Crippen LogP contribution in [-0.2, 0) is 17.9 Å². The fraction of sp³-hybridized carbons (Fsp3) is 0.148. The molecule has 0 radical (unpaired) electrons. The van der Waals surface area contributed by atoms with Crippen LogP contribution in [0.3, 0.4) is 0 Å². The molecule has 1 atom stereocenters. The summed E-state index contributed by atoms with van der Waals surface area (Å²) in [6.45, 7) is 2.10. The number of para-hydroxylation sites is 1. The van der Waals surface area contributed by atoms with Gasteiger partial charge in [-0.2, -0.15) is 5.10 Å². The van der Waals surface area contributed by atoms with E-state index in [1.165, 1.54) is 16.8 Å². The quantitative estimate of drug-likeness (QED) is 0.413. The molecule has 0 aliphatic rings. The molecule has 5 aromatic rings. The van der Waals surface area contributed by atoms with Gasteiger partial charge in [-0.1, -0.05) is 60.7 Å². The number of halogens is 1. The monoisotopic (exact) mass is 454 g/mol. The van der Waals surface area contributed by atoms with Crippen molar-refractivity contribution in [1.82, 2.24) is 19.7 Å². The van der Waals surface area contributed by atoms with Crippen LogP contribution in [0.25, 0.3) is 21.8 Å². The lowest BCUT2D eigenvalue weighted by Gasteiger charge is -2.14. The van der Waals surface area contributed by atoms with Crippen LogP contribution in [0.2, 0.25) is 0 Å². The molecule has 3 aromatic carbocycles. The zero-order chi connectivity index (χ0) is 23.7. The van der Waals surface area contributed by atoms with E-state index < -0.39 is 0 Å². The molecule has 0 saturated carbocycles. The molecule has 7 heteroatoms. The second-order valence-corrected chi connectivity index (χ2v) is 8.30. The van der Waals surface area contributed by atoms with Crippen molar-refractivity contribution in [3.8, 4) is 0 Å². The average molecular weight is 455 g/mol. The Morgan fingerprint density at radius 3 is 2.44 bits per heavy atom. The summed E-state index contributed by atoms with van der Waals surface area (Å²) in [6, 6.07) is 23.3. The molecule has 0 bridgehead atoms. The maximum Gasteiger partial charge on any atom is 0.291 e. The number of rotatable bonds is 6. The number of carbonyl (C=O) groups is 1. The number of nitrogens with one attached hydrogen (secondary N) is 1. The van der Waals surface area contributed by atoms with E-state index in [1.807, 2.05) is 66.1 Å². The minimum absolute atomic E-state index is 0.190. The normalized spacial score (nSPS) is 12.2. The summed E-state index contributed by atoms with van der Waals surface area (Å²) >= 11 is 0. The molecule has 34 heavy (non-hydrogen) atoms. The van der Waals surface area contributed by atoms with E-state index in [2.05, 4.69) is 10.4 Å². The van der Waals surface area contributed by atoms with Gasteiger partial charge >= 0.3 is 0 Å². The van der Waals surface area contributed by atoms with E-state index in [4.69, 9.17) is 0 Å². The Kier molecular flexibility index (Phi) is 5.67. The van der Waals surface area contributed by atoms with Gasteiger partial charge in [-0.15, -0.1) is 0 Å². The zero-order valence-corrected chi connectivity index (χ0v) is 18.6. The van der Waals surface area contributed by atoms with Crippen molar-refractivity contribution in [3.63, 3.8) is 0 Å². The van der Waals surface area contributed by atoms with Gasteiger partial charge in [-0.25, -0.2) is 9.07 Å². The second kappa shape index (κ2) is 8.94. The third-order valence-electron chi connectivity index (χ3n) is 6.00. The molecule has 0 aliphatic carbocycles. The van der Waals surface area contributed by atoms with Gasteiger partial charge in [0, 0.05) is 22.8 Å². The molecule has 170 valence electrons. The average Bonchev–Trinajstić information content (AvgIpc) is 3.17. The SMILES string of the molecule is C[C@@H](NC(=O)Cn1ncc2c3ccccc3n(Cc3ccc(F)cc3)c2c1=O)c1ccccc1. The molecule has 5 rings (SSSR count). The zero-order valence-electron chi connectivity index (χ0n) is 18.6. The predicted molar refractivity (Wildman–Crippen MR) is 130 cm³/mol. The minimum Gasteiger partial charge on any atom is -0.348 e. The van der Waals surface area contributed by atoms with Crippen molar-refractivity contribution in [2.24, 2.45) is 0 Å². The van der Waals surface area contributed by atoms with Crippen LogP contribution in [-0.4, -0.2) is 20.3 Å². The summed E-state index contributed by atoms with van der Waals surface area (Å²) in [7, 11) is 0. The fourth-order valence-corrected chi connectivity index (χ4v) is 4.29. The summed E-state index contributed by atoms with van der Waals surface area (Å²) in [5, 5.41) is 8.84. The fourth-order valence-electron chi connectivity index (χ4n) is 4.29. The lowest BCUT2D eigenvalue weighted by molar-refractivity contribution is -0.122. The molecule has 0 unspecified atom stereocenters. The highest BCUT2D eigenvalue weighted by Gasteiger charge is 2.18. The Labute approximate surface area is 195 Å². The first-order valence-electron chi connectivity index (χ1n) is 11.1. The lowest BCUT2D eigenvalue weighted by Crippen LogP contribution is -2.35. The van der Waals surface area contributed by atoms with E-state index >= 15 is 0 Å². The first-order chi connectivity index (χ1) is 16.5. The predicted octanol–water partition coefficient (Wildman–Crippen LogP) is 4.42. The largest absolute Gasteiger partial charge is 0.348 e. The Balaban J connectivity index is 1.51. The maximum atomic E-state index is 13.5. The number of fused-ring (bicyclic) bond motifs is 3.